The predicted octanol–water partition coefficient (Wildman–Crippen LogP) is -0.259. The molecule has 0 unspecified atom stereocenters. The van der Waals surface area contributed by atoms with Crippen LogP contribution in [0.2, 0.25) is 0 Å². The SMILES string of the molecule is C=[CH][Sn][OH]. The van der Waals surface area contributed by atoms with Gasteiger partial charge in [-0.05, 0) is 0 Å². The molecule has 0 heterocycles. The average Bonchev–Trinajstić information content (AvgIpc) is 1.37. The molecule has 0 aliphatic rings. The summed E-state index contributed by atoms with van der Waals surface area (Å²) in [4.78, 5) is 0. The molecular formula is C2H4OSn. The molecule has 4 heavy (non-hydrogen) atoms. The van der Waals surface area contributed by atoms with E-state index in [9.17, 15) is 0 Å². The molecule has 0 aliphatic heterocycles. The van der Waals surface area contributed by atoms with E-state index in [0.29, 0.717) is 0 Å². The first-order chi connectivity index (χ1) is 1.91. The molecule has 2 radical (unpaired) electrons. The molecule has 1 nitrogen and oxygen atoms in total. The van der Waals surface area contributed by atoms with E-state index < -0.39 is 21.6 Å². The summed E-state index contributed by atoms with van der Waals surface area (Å²) < 4.78 is 9.53. The molecular weight excluding hydrogens is 159 g/mol. The third-order valence-electron chi connectivity index (χ3n) is 0.0913. The minimum absolute atomic E-state index is 1.01. The molecule has 0 aromatic rings. The molecule has 0 bridgehead atoms. The zero-order chi connectivity index (χ0) is 3.41. The Morgan fingerprint density at radius 3 is 2.25 bits per heavy atom. The van der Waals surface area contributed by atoms with E-state index in [4.69, 9.17) is 3.44 Å². The van der Waals surface area contributed by atoms with Crippen LogP contribution in [-0.4, -0.2) is 25.0 Å². The second-order valence-corrected chi connectivity index (χ2v) is 2.24. The summed E-state index contributed by atoms with van der Waals surface area (Å²) in [6.07, 6.45) is 0. The van der Waals surface area contributed by atoms with Crippen LogP contribution in [-0.2, 0) is 0 Å². The van der Waals surface area contributed by atoms with Crippen LogP contribution in [0.5, 0.6) is 0 Å². The van der Waals surface area contributed by atoms with Crippen LogP contribution in [0, 0.1) is 0 Å². The molecule has 0 aliphatic carbocycles. The summed E-state index contributed by atoms with van der Waals surface area (Å²) in [5.41, 5.74) is 0. The third-order valence-corrected chi connectivity index (χ3v) is 0.612. The van der Waals surface area contributed by atoms with E-state index in [1.807, 2.05) is 0 Å². The number of rotatable bonds is 1. The Kier molecular flexibility index (Phi) is 3.93. The van der Waals surface area contributed by atoms with Crippen molar-refractivity contribution < 1.29 is 3.44 Å². The Balaban J connectivity index is 2.30. The first-order valence-electron chi connectivity index (χ1n) is 0.921. The van der Waals surface area contributed by atoms with Gasteiger partial charge in [-0.3, -0.25) is 0 Å². The Bertz CT molecular complexity index is 20.0. The minimum atomic E-state index is -1.01. The third kappa shape index (κ3) is 2.50. The summed E-state index contributed by atoms with van der Waals surface area (Å²) in [5.74, 6) is 0. The molecule has 0 fully saturated rings. The second kappa shape index (κ2) is 3.50. The van der Waals surface area contributed by atoms with Crippen LogP contribution in [0.25, 0.3) is 0 Å². The van der Waals surface area contributed by atoms with Gasteiger partial charge in [-0.2, -0.15) is 0 Å². The van der Waals surface area contributed by atoms with Crippen molar-refractivity contribution in [3.8, 4) is 0 Å². The fraction of sp³-hybridized carbons (Fsp3) is 0. The molecule has 0 aromatic heterocycles. The molecule has 2 heteroatoms. The van der Waals surface area contributed by atoms with Crippen molar-refractivity contribution in [3.05, 3.63) is 10.7 Å². The second-order valence-electron chi connectivity index (χ2n) is 0.333. The first-order valence-corrected chi connectivity index (χ1v) is 3.84. The van der Waals surface area contributed by atoms with E-state index in [1.54, 1.807) is 4.09 Å². The van der Waals surface area contributed by atoms with Crippen LogP contribution in [0.15, 0.2) is 10.7 Å². The van der Waals surface area contributed by atoms with E-state index >= 15 is 0 Å². The van der Waals surface area contributed by atoms with Gasteiger partial charge in [0.25, 0.3) is 0 Å². The van der Waals surface area contributed by atoms with Crippen LogP contribution >= 0.6 is 0 Å². The van der Waals surface area contributed by atoms with Gasteiger partial charge in [-0.25, -0.2) is 0 Å². The van der Waals surface area contributed by atoms with Crippen molar-refractivity contribution >= 4 is 21.6 Å². The van der Waals surface area contributed by atoms with Crippen LogP contribution in [0.4, 0.5) is 0 Å². The summed E-state index contributed by atoms with van der Waals surface area (Å²) in [7, 11) is 0. The summed E-state index contributed by atoms with van der Waals surface area (Å²) >= 11 is -1.01. The van der Waals surface area contributed by atoms with Gasteiger partial charge in [0.15, 0.2) is 0 Å². The Hall–Kier alpha value is 0.499. The first kappa shape index (κ1) is 4.50. The van der Waals surface area contributed by atoms with E-state index in [1.165, 1.54) is 0 Å². The van der Waals surface area contributed by atoms with Crippen molar-refractivity contribution in [2.45, 2.75) is 0 Å². The van der Waals surface area contributed by atoms with Gasteiger partial charge in [0.05, 0.1) is 0 Å². The molecule has 0 spiro atoms. The van der Waals surface area contributed by atoms with Gasteiger partial charge in [-0.15, -0.1) is 0 Å². The van der Waals surface area contributed by atoms with Gasteiger partial charge >= 0.3 is 35.7 Å². The topological polar surface area (TPSA) is 20.2 Å². The van der Waals surface area contributed by atoms with Gasteiger partial charge < -0.3 is 0 Å². The van der Waals surface area contributed by atoms with Crippen LogP contribution < -0.4 is 0 Å². The Labute approximate surface area is 36.1 Å². The molecule has 0 saturated carbocycles. The maximum absolute atomic E-state index is 7.93. The molecule has 0 aromatic carbocycles. The standard InChI is InChI=1S/C2H3.H2O.Sn/c1-2;;/h1H,2H2;1H2;/q;;+1/p-1. The van der Waals surface area contributed by atoms with Crippen molar-refractivity contribution in [1.82, 2.24) is 0 Å². The van der Waals surface area contributed by atoms with Crippen molar-refractivity contribution in [3.63, 3.8) is 0 Å². The normalized spacial score (nSPS) is 6.25. The summed E-state index contributed by atoms with van der Waals surface area (Å²) in [5, 5.41) is 0. The van der Waals surface area contributed by atoms with Crippen molar-refractivity contribution in [2.24, 2.45) is 0 Å². The monoisotopic (exact) mass is 164 g/mol. The zero-order valence-corrected chi connectivity index (χ0v) is 5.09. The quantitative estimate of drug-likeness (QED) is 0.527. The maximum atomic E-state index is 7.93. The van der Waals surface area contributed by atoms with Crippen molar-refractivity contribution in [2.75, 3.05) is 0 Å². The van der Waals surface area contributed by atoms with Gasteiger partial charge in [0.1, 0.15) is 0 Å². The van der Waals surface area contributed by atoms with E-state index in [2.05, 4.69) is 6.58 Å². The average molecular weight is 163 g/mol. The molecule has 0 saturated heterocycles. The number of hydrogen-bond acceptors (Lipinski definition) is 1. The van der Waals surface area contributed by atoms with Crippen LogP contribution in [0.1, 0.15) is 0 Å². The number of hydrogen-bond donors (Lipinski definition) is 1. The fourth-order valence-corrected chi connectivity index (χ4v) is 0. The van der Waals surface area contributed by atoms with Gasteiger partial charge in [-0.1, -0.05) is 0 Å². The molecule has 1 N–H and O–H groups in total. The zero-order valence-electron chi connectivity index (χ0n) is 2.23. The Morgan fingerprint density at radius 1 is 2.00 bits per heavy atom. The van der Waals surface area contributed by atoms with E-state index in [0.717, 1.165) is 0 Å². The molecule has 22 valence electrons. The van der Waals surface area contributed by atoms with Gasteiger partial charge in [0, 0.05) is 0 Å². The van der Waals surface area contributed by atoms with Crippen molar-refractivity contribution in [1.29, 1.82) is 0 Å². The van der Waals surface area contributed by atoms with Gasteiger partial charge in [0.2, 0.25) is 0 Å². The van der Waals surface area contributed by atoms with Crippen LogP contribution in [0.3, 0.4) is 0 Å². The molecule has 0 rings (SSSR count). The fourth-order valence-electron chi connectivity index (χ4n) is 0. The van der Waals surface area contributed by atoms with E-state index in [-0.39, 0.29) is 0 Å². The molecule has 0 atom stereocenters. The molecule has 0 amide bonds. The summed E-state index contributed by atoms with van der Waals surface area (Å²) in [6, 6.07) is 0. The Morgan fingerprint density at radius 2 is 2.25 bits per heavy atom. The summed E-state index contributed by atoms with van der Waals surface area (Å²) in [6.45, 7) is 3.30. The predicted molar refractivity (Wildman–Crippen MR) is 18.2 cm³/mol.